The van der Waals surface area contributed by atoms with Crippen molar-refractivity contribution in [2.45, 2.75) is 40.5 Å². The van der Waals surface area contributed by atoms with Gasteiger partial charge in [-0.25, -0.2) is 0 Å². The monoisotopic (exact) mass is 277 g/mol. The molecule has 110 valence electrons. The van der Waals surface area contributed by atoms with Crippen molar-refractivity contribution in [1.29, 1.82) is 0 Å². The summed E-state index contributed by atoms with van der Waals surface area (Å²) in [5.74, 6) is -0.725. The van der Waals surface area contributed by atoms with Gasteiger partial charge in [0, 0.05) is 18.5 Å². The van der Waals surface area contributed by atoms with E-state index in [1.165, 1.54) is 0 Å². The first-order valence-corrected chi connectivity index (χ1v) is 6.89. The standard InChI is InChI=1S/C16H23NO3/c1-10(5-6-14(18)19)9-17-16(20)15-12(3)7-11(2)8-13(15)4/h7-8,10H,5-6,9H2,1-4H3,(H,17,20)(H,18,19). The molecule has 0 heterocycles. The van der Waals surface area contributed by atoms with E-state index in [0.717, 1.165) is 22.3 Å². The average molecular weight is 277 g/mol. The van der Waals surface area contributed by atoms with Crippen molar-refractivity contribution >= 4 is 11.9 Å². The molecule has 1 aromatic rings. The summed E-state index contributed by atoms with van der Waals surface area (Å²) in [4.78, 5) is 22.7. The van der Waals surface area contributed by atoms with Gasteiger partial charge < -0.3 is 10.4 Å². The van der Waals surface area contributed by atoms with E-state index in [4.69, 9.17) is 5.11 Å². The smallest absolute Gasteiger partial charge is 0.303 e. The lowest BCUT2D eigenvalue weighted by molar-refractivity contribution is -0.137. The molecule has 1 amide bonds. The van der Waals surface area contributed by atoms with E-state index in [9.17, 15) is 9.59 Å². The molecule has 0 aliphatic heterocycles. The minimum atomic E-state index is -0.798. The van der Waals surface area contributed by atoms with Crippen LogP contribution in [0.1, 0.15) is 46.8 Å². The lowest BCUT2D eigenvalue weighted by Crippen LogP contribution is -2.29. The second kappa shape index (κ2) is 7.08. The largest absolute Gasteiger partial charge is 0.481 e. The van der Waals surface area contributed by atoms with E-state index in [2.05, 4.69) is 5.32 Å². The summed E-state index contributed by atoms with van der Waals surface area (Å²) >= 11 is 0. The number of carbonyl (C=O) groups is 2. The van der Waals surface area contributed by atoms with Crippen LogP contribution in [-0.4, -0.2) is 23.5 Å². The number of carbonyl (C=O) groups excluding carboxylic acids is 1. The minimum absolute atomic E-state index is 0.0813. The van der Waals surface area contributed by atoms with Gasteiger partial charge in [-0.05, 0) is 44.2 Å². The highest BCUT2D eigenvalue weighted by Crippen LogP contribution is 2.16. The average Bonchev–Trinajstić information content (AvgIpc) is 2.32. The van der Waals surface area contributed by atoms with E-state index < -0.39 is 5.97 Å². The summed E-state index contributed by atoms with van der Waals surface area (Å²) in [5, 5.41) is 11.5. The number of carboxylic acid groups (broad SMARTS) is 1. The molecule has 0 aliphatic rings. The Morgan fingerprint density at radius 1 is 1.20 bits per heavy atom. The van der Waals surface area contributed by atoms with Gasteiger partial charge in [0.2, 0.25) is 0 Å². The predicted molar refractivity (Wildman–Crippen MR) is 79.0 cm³/mol. The van der Waals surface area contributed by atoms with E-state index in [1.54, 1.807) is 0 Å². The van der Waals surface area contributed by atoms with Gasteiger partial charge in [0.25, 0.3) is 5.91 Å². The zero-order valence-corrected chi connectivity index (χ0v) is 12.6. The van der Waals surface area contributed by atoms with Crippen molar-refractivity contribution in [3.05, 3.63) is 34.4 Å². The summed E-state index contributed by atoms with van der Waals surface area (Å²) in [7, 11) is 0. The fourth-order valence-electron chi connectivity index (χ4n) is 2.37. The van der Waals surface area contributed by atoms with Crippen molar-refractivity contribution in [1.82, 2.24) is 5.32 Å². The molecule has 0 bridgehead atoms. The number of hydrogen-bond acceptors (Lipinski definition) is 2. The summed E-state index contributed by atoms with van der Waals surface area (Å²) in [6.45, 7) is 8.32. The number of aliphatic carboxylic acids is 1. The maximum absolute atomic E-state index is 12.2. The van der Waals surface area contributed by atoms with Crippen LogP contribution in [0.5, 0.6) is 0 Å². The highest BCUT2D eigenvalue weighted by atomic mass is 16.4. The van der Waals surface area contributed by atoms with Gasteiger partial charge in [-0.15, -0.1) is 0 Å². The second-order valence-corrected chi connectivity index (χ2v) is 5.52. The molecule has 20 heavy (non-hydrogen) atoms. The van der Waals surface area contributed by atoms with Gasteiger partial charge >= 0.3 is 5.97 Å². The topological polar surface area (TPSA) is 66.4 Å². The van der Waals surface area contributed by atoms with E-state index in [1.807, 2.05) is 39.8 Å². The van der Waals surface area contributed by atoms with Gasteiger partial charge in [-0.2, -0.15) is 0 Å². The fourth-order valence-corrected chi connectivity index (χ4v) is 2.37. The maximum Gasteiger partial charge on any atom is 0.303 e. The van der Waals surface area contributed by atoms with Crippen LogP contribution in [0.15, 0.2) is 12.1 Å². The summed E-state index contributed by atoms with van der Waals surface area (Å²) in [6, 6.07) is 3.99. The molecule has 0 fully saturated rings. The molecule has 0 radical (unpaired) electrons. The summed E-state index contributed by atoms with van der Waals surface area (Å²) < 4.78 is 0. The van der Waals surface area contributed by atoms with Crippen molar-refractivity contribution in [3.63, 3.8) is 0 Å². The zero-order chi connectivity index (χ0) is 15.3. The Morgan fingerprint density at radius 2 is 1.75 bits per heavy atom. The lowest BCUT2D eigenvalue weighted by atomic mass is 9.99. The first-order chi connectivity index (χ1) is 9.31. The van der Waals surface area contributed by atoms with Crippen LogP contribution in [-0.2, 0) is 4.79 Å². The molecule has 1 rings (SSSR count). The Hall–Kier alpha value is -1.84. The first-order valence-electron chi connectivity index (χ1n) is 6.89. The van der Waals surface area contributed by atoms with Crippen LogP contribution in [0.25, 0.3) is 0 Å². The lowest BCUT2D eigenvalue weighted by Gasteiger charge is -2.14. The zero-order valence-electron chi connectivity index (χ0n) is 12.6. The Balaban J connectivity index is 2.62. The number of amides is 1. The van der Waals surface area contributed by atoms with Gasteiger partial charge in [0.05, 0.1) is 0 Å². The Labute approximate surface area is 120 Å². The van der Waals surface area contributed by atoms with Crippen LogP contribution in [0.3, 0.4) is 0 Å². The molecule has 1 unspecified atom stereocenters. The molecule has 1 aromatic carbocycles. The van der Waals surface area contributed by atoms with Gasteiger partial charge in [-0.3, -0.25) is 9.59 Å². The number of nitrogens with one attached hydrogen (secondary N) is 1. The molecule has 0 saturated carbocycles. The SMILES string of the molecule is Cc1cc(C)c(C(=O)NCC(C)CCC(=O)O)c(C)c1. The van der Waals surface area contributed by atoms with Crippen molar-refractivity contribution < 1.29 is 14.7 Å². The van der Waals surface area contributed by atoms with E-state index in [0.29, 0.717) is 13.0 Å². The van der Waals surface area contributed by atoms with Crippen LogP contribution in [0.2, 0.25) is 0 Å². The summed E-state index contributed by atoms with van der Waals surface area (Å²) in [5.41, 5.74) is 3.81. The second-order valence-electron chi connectivity index (χ2n) is 5.52. The minimum Gasteiger partial charge on any atom is -0.481 e. The van der Waals surface area contributed by atoms with Gasteiger partial charge in [0.15, 0.2) is 0 Å². The third-order valence-corrected chi connectivity index (χ3v) is 3.37. The molecular formula is C16H23NO3. The molecular weight excluding hydrogens is 254 g/mol. The van der Waals surface area contributed by atoms with Crippen molar-refractivity contribution in [2.24, 2.45) is 5.92 Å². The molecule has 0 aromatic heterocycles. The normalized spacial score (nSPS) is 12.0. The number of benzene rings is 1. The van der Waals surface area contributed by atoms with Crippen molar-refractivity contribution in [3.8, 4) is 0 Å². The molecule has 0 saturated heterocycles. The number of hydrogen-bond donors (Lipinski definition) is 2. The Bertz CT molecular complexity index is 485. The third kappa shape index (κ3) is 4.68. The van der Waals surface area contributed by atoms with Gasteiger partial charge in [-0.1, -0.05) is 24.6 Å². The Morgan fingerprint density at radius 3 is 2.25 bits per heavy atom. The number of rotatable bonds is 6. The molecule has 0 aliphatic carbocycles. The van der Waals surface area contributed by atoms with Crippen LogP contribution in [0, 0.1) is 26.7 Å². The molecule has 1 atom stereocenters. The molecule has 2 N–H and O–H groups in total. The fraction of sp³-hybridized carbons (Fsp3) is 0.500. The first kappa shape index (κ1) is 16.2. The van der Waals surface area contributed by atoms with E-state index in [-0.39, 0.29) is 18.2 Å². The predicted octanol–water partition coefficient (Wildman–Crippen LogP) is 2.84. The number of carboxylic acids is 1. The highest BCUT2D eigenvalue weighted by Gasteiger charge is 2.14. The summed E-state index contributed by atoms with van der Waals surface area (Å²) in [6.07, 6.45) is 0.709. The highest BCUT2D eigenvalue weighted by molar-refractivity contribution is 5.97. The van der Waals surface area contributed by atoms with Gasteiger partial charge in [0.1, 0.15) is 0 Å². The molecule has 4 heteroatoms. The maximum atomic E-state index is 12.2. The quantitative estimate of drug-likeness (QED) is 0.840. The number of aryl methyl sites for hydroxylation is 3. The van der Waals surface area contributed by atoms with Crippen LogP contribution < -0.4 is 5.32 Å². The third-order valence-electron chi connectivity index (χ3n) is 3.37. The van der Waals surface area contributed by atoms with Crippen LogP contribution in [0.4, 0.5) is 0 Å². The van der Waals surface area contributed by atoms with E-state index >= 15 is 0 Å². The molecule has 4 nitrogen and oxygen atoms in total. The molecule has 0 spiro atoms. The Kier molecular flexibility index (Phi) is 5.74. The van der Waals surface area contributed by atoms with Crippen LogP contribution >= 0.6 is 0 Å². The van der Waals surface area contributed by atoms with Crippen molar-refractivity contribution in [2.75, 3.05) is 6.54 Å².